The Hall–Kier alpha value is -1.98. The maximum absolute atomic E-state index is 8.82. The summed E-state index contributed by atoms with van der Waals surface area (Å²) in [6.07, 6.45) is 3.68. The Morgan fingerprint density at radius 1 is 1.10 bits per heavy atom. The molecule has 1 aliphatic carbocycles. The number of hydrogen-bond acceptors (Lipinski definition) is 2. The number of nitriles is 1. The van der Waals surface area contributed by atoms with E-state index in [4.69, 9.17) is 16.9 Å². The van der Waals surface area contributed by atoms with Crippen molar-refractivity contribution >= 4 is 17.3 Å². The van der Waals surface area contributed by atoms with Crippen molar-refractivity contribution in [2.45, 2.75) is 25.8 Å². The topological polar surface area (TPSA) is 35.8 Å². The van der Waals surface area contributed by atoms with Gasteiger partial charge in [-0.2, -0.15) is 5.26 Å². The number of hydrogen-bond donors (Lipinski definition) is 1. The molecule has 0 aliphatic heterocycles. The normalized spacial score (nSPS) is 12.8. The summed E-state index contributed by atoms with van der Waals surface area (Å²) in [7, 11) is 0. The Morgan fingerprint density at radius 3 is 2.75 bits per heavy atom. The van der Waals surface area contributed by atoms with Gasteiger partial charge in [0.1, 0.15) is 0 Å². The number of halogens is 1. The zero-order valence-corrected chi connectivity index (χ0v) is 11.9. The zero-order chi connectivity index (χ0) is 13.9. The Morgan fingerprint density at radius 2 is 1.95 bits per heavy atom. The van der Waals surface area contributed by atoms with Gasteiger partial charge in [0, 0.05) is 6.54 Å². The molecule has 0 saturated carbocycles. The van der Waals surface area contributed by atoms with Gasteiger partial charge in [-0.3, -0.25) is 0 Å². The number of fused-ring (bicyclic) bond motifs is 1. The summed E-state index contributed by atoms with van der Waals surface area (Å²) in [5.41, 5.74) is 5.69. The highest BCUT2D eigenvalue weighted by atomic mass is 35.5. The quantitative estimate of drug-likeness (QED) is 0.910. The van der Waals surface area contributed by atoms with Gasteiger partial charge >= 0.3 is 0 Å². The Kier molecular flexibility index (Phi) is 3.62. The van der Waals surface area contributed by atoms with Crippen molar-refractivity contribution in [1.29, 1.82) is 5.26 Å². The summed E-state index contributed by atoms with van der Waals surface area (Å²) in [4.78, 5) is 0. The van der Waals surface area contributed by atoms with E-state index in [-0.39, 0.29) is 0 Å². The van der Waals surface area contributed by atoms with E-state index in [1.54, 1.807) is 12.1 Å². The fraction of sp³-hybridized carbons (Fsp3) is 0.235. The molecule has 0 radical (unpaired) electrons. The number of anilines is 1. The first-order valence-corrected chi connectivity index (χ1v) is 7.18. The van der Waals surface area contributed by atoms with E-state index in [0.29, 0.717) is 10.6 Å². The highest BCUT2D eigenvalue weighted by Crippen LogP contribution is 2.25. The number of nitrogens with one attached hydrogen (secondary N) is 1. The van der Waals surface area contributed by atoms with Crippen molar-refractivity contribution in [1.82, 2.24) is 0 Å². The van der Waals surface area contributed by atoms with Gasteiger partial charge in [0.15, 0.2) is 0 Å². The molecule has 0 atom stereocenters. The third-order valence-electron chi connectivity index (χ3n) is 3.74. The molecule has 1 aliphatic rings. The smallest absolute Gasteiger partial charge is 0.0992 e. The summed E-state index contributed by atoms with van der Waals surface area (Å²) in [5, 5.41) is 12.7. The molecule has 0 bridgehead atoms. The number of benzene rings is 2. The van der Waals surface area contributed by atoms with E-state index < -0.39 is 0 Å². The molecule has 0 heterocycles. The molecule has 0 aromatic heterocycles. The van der Waals surface area contributed by atoms with Crippen LogP contribution in [0.25, 0.3) is 0 Å². The van der Waals surface area contributed by atoms with Gasteiger partial charge in [0.2, 0.25) is 0 Å². The fourth-order valence-electron chi connectivity index (χ4n) is 2.66. The first-order valence-electron chi connectivity index (χ1n) is 6.80. The third kappa shape index (κ3) is 2.64. The Labute approximate surface area is 124 Å². The van der Waals surface area contributed by atoms with E-state index in [1.165, 1.54) is 36.0 Å². The van der Waals surface area contributed by atoms with Crippen LogP contribution in [0, 0.1) is 11.3 Å². The van der Waals surface area contributed by atoms with Crippen molar-refractivity contribution in [2.24, 2.45) is 0 Å². The predicted molar refractivity (Wildman–Crippen MR) is 82.0 cm³/mol. The molecule has 0 fully saturated rings. The summed E-state index contributed by atoms with van der Waals surface area (Å²) in [6, 6.07) is 14.1. The highest BCUT2D eigenvalue weighted by molar-refractivity contribution is 6.33. The van der Waals surface area contributed by atoms with Gasteiger partial charge in [0.05, 0.1) is 22.3 Å². The van der Waals surface area contributed by atoms with E-state index in [0.717, 1.165) is 12.2 Å². The van der Waals surface area contributed by atoms with Crippen molar-refractivity contribution in [2.75, 3.05) is 5.32 Å². The molecule has 100 valence electrons. The van der Waals surface area contributed by atoms with E-state index in [9.17, 15) is 0 Å². The van der Waals surface area contributed by atoms with Gasteiger partial charge in [-0.25, -0.2) is 0 Å². The van der Waals surface area contributed by atoms with Crippen LogP contribution in [0.1, 0.15) is 28.7 Å². The van der Waals surface area contributed by atoms with E-state index in [1.807, 2.05) is 6.07 Å². The molecule has 3 heteroatoms. The molecule has 0 saturated heterocycles. The SMILES string of the molecule is N#Cc1ccc(NCc2ccc3c(c2)CCC3)c(Cl)c1. The largest absolute Gasteiger partial charge is 0.380 e. The monoisotopic (exact) mass is 282 g/mol. The molecule has 3 rings (SSSR count). The molecule has 2 aromatic carbocycles. The second kappa shape index (κ2) is 5.56. The van der Waals surface area contributed by atoms with Crippen LogP contribution in [0.5, 0.6) is 0 Å². The van der Waals surface area contributed by atoms with Crippen LogP contribution in [-0.4, -0.2) is 0 Å². The average Bonchev–Trinajstić information content (AvgIpc) is 2.93. The van der Waals surface area contributed by atoms with Crippen LogP contribution < -0.4 is 5.32 Å². The summed E-state index contributed by atoms with van der Waals surface area (Å²) < 4.78 is 0. The predicted octanol–water partition coefficient (Wildman–Crippen LogP) is 4.31. The lowest BCUT2D eigenvalue weighted by atomic mass is 10.1. The van der Waals surface area contributed by atoms with Gasteiger partial charge in [-0.15, -0.1) is 0 Å². The molecule has 0 unspecified atom stereocenters. The van der Waals surface area contributed by atoms with Gasteiger partial charge in [0.25, 0.3) is 0 Å². The number of nitrogens with zero attached hydrogens (tertiary/aromatic N) is 1. The Balaban J connectivity index is 1.72. The molecular formula is C17H15ClN2. The van der Waals surface area contributed by atoms with Crippen LogP contribution in [0.4, 0.5) is 5.69 Å². The molecule has 20 heavy (non-hydrogen) atoms. The molecular weight excluding hydrogens is 268 g/mol. The fourth-order valence-corrected chi connectivity index (χ4v) is 2.91. The van der Waals surface area contributed by atoms with Gasteiger partial charge < -0.3 is 5.32 Å². The standard InChI is InChI=1S/C17H15ClN2/c18-16-9-12(10-19)5-7-17(16)20-11-13-4-6-14-2-1-3-15(14)8-13/h4-9,20H,1-3,11H2. The van der Waals surface area contributed by atoms with Crippen LogP contribution in [-0.2, 0) is 19.4 Å². The second-order valence-electron chi connectivity index (χ2n) is 5.12. The minimum absolute atomic E-state index is 0.582. The zero-order valence-electron chi connectivity index (χ0n) is 11.1. The van der Waals surface area contributed by atoms with E-state index >= 15 is 0 Å². The third-order valence-corrected chi connectivity index (χ3v) is 4.06. The maximum atomic E-state index is 8.82. The minimum Gasteiger partial charge on any atom is -0.380 e. The average molecular weight is 283 g/mol. The number of aryl methyl sites for hydroxylation is 2. The number of rotatable bonds is 3. The molecule has 2 nitrogen and oxygen atoms in total. The van der Waals surface area contributed by atoms with E-state index in [2.05, 4.69) is 29.6 Å². The van der Waals surface area contributed by atoms with Crippen molar-refractivity contribution < 1.29 is 0 Å². The Bertz CT molecular complexity index is 686. The lowest BCUT2D eigenvalue weighted by Crippen LogP contribution is -2.01. The van der Waals surface area contributed by atoms with Crippen LogP contribution in [0.2, 0.25) is 5.02 Å². The van der Waals surface area contributed by atoms with Crippen molar-refractivity contribution in [3.8, 4) is 6.07 Å². The molecule has 0 amide bonds. The van der Waals surface area contributed by atoms with Crippen molar-refractivity contribution in [3.63, 3.8) is 0 Å². The van der Waals surface area contributed by atoms with Crippen molar-refractivity contribution in [3.05, 3.63) is 63.7 Å². The van der Waals surface area contributed by atoms with Crippen LogP contribution >= 0.6 is 11.6 Å². The van der Waals surface area contributed by atoms with Crippen LogP contribution in [0.15, 0.2) is 36.4 Å². The van der Waals surface area contributed by atoms with Crippen LogP contribution in [0.3, 0.4) is 0 Å². The molecule has 1 N–H and O–H groups in total. The minimum atomic E-state index is 0.582. The maximum Gasteiger partial charge on any atom is 0.0992 e. The summed E-state index contributed by atoms with van der Waals surface area (Å²) >= 11 is 6.15. The molecule has 0 spiro atoms. The first-order chi connectivity index (χ1) is 9.76. The second-order valence-corrected chi connectivity index (χ2v) is 5.52. The lowest BCUT2D eigenvalue weighted by molar-refractivity contribution is 0.911. The summed E-state index contributed by atoms with van der Waals surface area (Å²) in [5.74, 6) is 0. The molecule has 2 aromatic rings. The first kappa shape index (κ1) is 13.0. The van der Waals surface area contributed by atoms with Gasteiger partial charge in [-0.1, -0.05) is 29.8 Å². The van der Waals surface area contributed by atoms with Gasteiger partial charge in [-0.05, 0) is 54.2 Å². The highest BCUT2D eigenvalue weighted by Gasteiger charge is 2.10. The lowest BCUT2D eigenvalue weighted by Gasteiger charge is -2.10. The summed E-state index contributed by atoms with van der Waals surface area (Å²) in [6.45, 7) is 0.749.